The van der Waals surface area contributed by atoms with Gasteiger partial charge in [-0.3, -0.25) is 4.79 Å². The van der Waals surface area contributed by atoms with Crippen molar-refractivity contribution in [2.24, 2.45) is 5.73 Å². The predicted octanol–water partition coefficient (Wildman–Crippen LogP) is 2.36. The summed E-state index contributed by atoms with van der Waals surface area (Å²) in [6.07, 6.45) is 0.289. The lowest BCUT2D eigenvalue weighted by atomic mass is 10.1. The largest absolute Gasteiger partial charge is 0.491 e. The van der Waals surface area contributed by atoms with Gasteiger partial charge in [0.05, 0.1) is 29.1 Å². The van der Waals surface area contributed by atoms with Crippen LogP contribution >= 0.6 is 11.3 Å². The first-order valence-electron chi connectivity index (χ1n) is 9.80. The van der Waals surface area contributed by atoms with Crippen LogP contribution in [0, 0.1) is 24.6 Å². The van der Waals surface area contributed by atoms with Crippen molar-refractivity contribution >= 4 is 17.2 Å². The first-order chi connectivity index (χ1) is 15.0. The Morgan fingerprint density at radius 3 is 2.78 bits per heavy atom. The van der Waals surface area contributed by atoms with Crippen molar-refractivity contribution in [2.75, 3.05) is 6.61 Å². The van der Waals surface area contributed by atoms with E-state index in [9.17, 15) is 19.4 Å². The fourth-order valence-electron chi connectivity index (χ4n) is 3.45. The van der Waals surface area contributed by atoms with Gasteiger partial charge in [-0.15, -0.1) is 0 Å². The highest BCUT2D eigenvalue weighted by Crippen LogP contribution is 2.36. The standard InChI is InChI=1S/C22H21FN4O4S/c1-11-17(32-21(29)25-11)10-15-18(19(24)28)26-20-13-8-12(4-5-22(2,3)30)14(23)9-16(13)31-7-6-27(15)20/h8-9,30H,6-7,10H2,1-3H3,(H2,24,28)(H,25,29). The van der Waals surface area contributed by atoms with Crippen LogP contribution in [-0.2, 0) is 13.0 Å². The third-order valence-corrected chi connectivity index (χ3v) is 5.86. The molecule has 1 aromatic carbocycles. The van der Waals surface area contributed by atoms with E-state index in [0.717, 1.165) is 16.2 Å². The second-order valence-corrected chi connectivity index (χ2v) is 8.98. The van der Waals surface area contributed by atoms with E-state index in [2.05, 4.69) is 21.8 Å². The lowest BCUT2D eigenvalue weighted by molar-refractivity contribution is 0.0995. The first kappa shape index (κ1) is 21.8. The number of carbonyl (C=O) groups is 1. The van der Waals surface area contributed by atoms with Crippen LogP contribution in [0.25, 0.3) is 11.4 Å². The molecule has 4 N–H and O–H groups in total. The number of primary amides is 1. The SMILES string of the molecule is Cc1nc(O)sc1Cc1c(C(N)=O)nc2n1CCOc1cc(F)c(C#CC(C)(C)O)cc1-2. The molecule has 0 bridgehead atoms. The Hall–Kier alpha value is -3.42. The van der Waals surface area contributed by atoms with Gasteiger partial charge in [-0.05, 0) is 26.8 Å². The molecular weight excluding hydrogens is 435 g/mol. The minimum absolute atomic E-state index is 0.0621. The Morgan fingerprint density at radius 1 is 1.41 bits per heavy atom. The average molecular weight is 456 g/mol. The molecule has 0 atom stereocenters. The third kappa shape index (κ3) is 4.17. The molecule has 0 saturated heterocycles. The van der Waals surface area contributed by atoms with Crippen LogP contribution in [0.1, 0.15) is 46.2 Å². The van der Waals surface area contributed by atoms with Gasteiger partial charge < -0.3 is 25.3 Å². The smallest absolute Gasteiger partial charge is 0.271 e. The molecule has 10 heteroatoms. The summed E-state index contributed by atoms with van der Waals surface area (Å²) in [7, 11) is 0. The molecule has 0 radical (unpaired) electrons. The molecule has 1 aliphatic rings. The number of benzene rings is 1. The Labute approximate surface area is 187 Å². The second-order valence-electron chi connectivity index (χ2n) is 7.91. The number of amides is 1. The van der Waals surface area contributed by atoms with E-state index in [1.807, 2.05) is 4.57 Å². The quantitative estimate of drug-likeness (QED) is 0.520. The van der Waals surface area contributed by atoms with Crippen molar-refractivity contribution in [3.05, 3.63) is 45.5 Å². The number of rotatable bonds is 3. The number of nitrogens with zero attached hydrogens (tertiary/aromatic N) is 3. The lowest BCUT2D eigenvalue weighted by Gasteiger charge is -2.09. The zero-order chi connectivity index (χ0) is 23.2. The molecule has 0 saturated carbocycles. The molecule has 166 valence electrons. The molecule has 3 heterocycles. The Morgan fingerprint density at radius 2 is 2.16 bits per heavy atom. The molecule has 0 spiro atoms. The second kappa shape index (κ2) is 7.93. The van der Waals surface area contributed by atoms with Crippen LogP contribution in [0.2, 0.25) is 0 Å². The summed E-state index contributed by atoms with van der Waals surface area (Å²) in [6.45, 7) is 5.35. The number of nitrogens with two attached hydrogens (primary N) is 1. The Bertz CT molecular complexity index is 1290. The highest BCUT2D eigenvalue weighted by Gasteiger charge is 2.27. The zero-order valence-electron chi connectivity index (χ0n) is 17.7. The fourth-order valence-corrected chi connectivity index (χ4v) is 4.26. The van der Waals surface area contributed by atoms with Crippen LogP contribution in [0.3, 0.4) is 0 Å². The summed E-state index contributed by atoms with van der Waals surface area (Å²) in [5.74, 6) is 4.64. The number of ether oxygens (including phenoxy) is 1. The molecule has 32 heavy (non-hydrogen) atoms. The highest BCUT2D eigenvalue weighted by molar-refractivity contribution is 7.13. The first-order valence-corrected chi connectivity index (χ1v) is 10.6. The van der Waals surface area contributed by atoms with Crippen molar-refractivity contribution < 1.29 is 24.1 Å². The maximum atomic E-state index is 14.6. The minimum atomic E-state index is -1.29. The number of aromatic hydroxyl groups is 1. The molecule has 0 unspecified atom stereocenters. The maximum Gasteiger partial charge on any atom is 0.271 e. The molecule has 0 fully saturated rings. The molecule has 1 aliphatic heterocycles. The number of thiazole rings is 1. The molecule has 2 aromatic heterocycles. The summed E-state index contributed by atoms with van der Waals surface area (Å²) in [5, 5.41) is 19.5. The van der Waals surface area contributed by atoms with E-state index in [4.69, 9.17) is 10.5 Å². The number of aryl methyl sites for hydroxylation is 1. The van der Waals surface area contributed by atoms with Crippen molar-refractivity contribution in [3.63, 3.8) is 0 Å². The van der Waals surface area contributed by atoms with Gasteiger partial charge in [0.25, 0.3) is 11.1 Å². The number of aliphatic hydroxyl groups is 1. The van der Waals surface area contributed by atoms with E-state index < -0.39 is 17.3 Å². The topological polar surface area (TPSA) is 123 Å². The van der Waals surface area contributed by atoms with Gasteiger partial charge in [0.1, 0.15) is 35.3 Å². The summed E-state index contributed by atoms with van der Waals surface area (Å²) >= 11 is 1.12. The summed E-state index contributed by atoms with van der Waals surface area (Å²) < 4.78 is 22.2. The van der Waals surface area contributed by atoms with Crippen molar-refractivity contribution in [2.45, 2.75) is 39.3 Å². The van der Waals surface area contributed by atoms with Gasteiger partial charge in [-0.2, -0.15) is 0 Å². The maximum absolute atomic E-state index is 14.6. The molecule has 1 amide bonds. The minimum Gasteiger partial charge on any atom is -0.491 e. The predicted molar refractivity (Wildman–Crippen MR) is 116 cm³/mol. The fraction of sp³-hybridized carbons (Fsp3) is 0.318. The number of halogens is 1. The van der Waals surface area contributed by atoms with E-state index in [1.165, 1.54) is 26.0 Å². The average Bonchev–Trinajstić information content (AvgIpc) is 3.14. The summed E-state index contributed by atoms with van der Waals surface area (Å²) in [6, 6.07) is 2.72. The van der Waals surface area contributed by atoms with Crippen LogP contribution in [0.5, 0.6) is 10.9 Å². The molecule has 4 rings (SSSR count). The van der Waals surface area contributed by atoms with Crippen molar-refractivity contribution in [1.29, 1.82) is 0 Å². The van der Waals surface area contributed by atoms with E-state index in [0.29, 0.717) is 29.3 Å². The normalized spacial score (nSPS) is 12.8. The van der Waals surface area contributed by atoms with E-state index >= 15 is 0 Å². The van der Waals surface area contributed by atoms with E-state index in [1.54, 1.807) is 6.92 Å². The monoisotopic (exact) mass is 456 g/mol. The molecule has 0 aliphatic carbocycles. The van der Waals surface area contributed by atoms with Crippen LogP contribution in [0.4, 0.5) is 4.39 Å². The van der Waals surface area contributed by atoms with Gasteiger partial charge in [-0.25, -0.2) is 14.4 Å². The van der Waals surface area contributed by atoms with Crippen LogP contribution < -0.4 is 10.5 Å². The van der Waals surface area contributed by atoms with E-state index in [-0.39, 0.29) is 35.2 Å². The lowest BCUT2D eigenvalue weighted by Crippen LogP contribution is -2.16. The zero-order valence-corrected chi connectivity index (χ0v) is 18.5. The van der Waals surface area contributed by atoms with Crippen molar-refractivity contribution in [3.8, 4) is 34.2 Å². The number of hydrogen-bond acceptors (Lipinski definition) is 7. The summed E-state index contributed by atoms with van der Waals surface area (Å²) in [5.41, 5.74) is 6.15. The summed E-state index contributed by atoms with van der Waals surface area (Å²) in [4.78, 5) is 21.5. The molecule has 3 aromatic rings. The number of aromatic nitrogens is 3. The number of fused-ring (bicyclic) bond motifs is 3. The van der Waals surface area contributed by atoms with Gasteiger partial charge in [0.15, 0.2) is 0 Å². The van der Waals surface area contributed by atoms with Crippen molar-refractivity contribution in [1.82, 2.24) is 14.5 Å². The third-order valence-electron chi connectivity index (χ3n) is 4.90. The van der Waals surface area contributed by atoms with Gasteiger partial charge >= 0.3 is 0 Å². The van der Waals surface area contributed by atoms with Gasteiger partial charge in [0, 0.05) is 17.4 Å². The van der Waals surface area contributed by atoms with Crippen LogP contribution in [0.15, 0.2) is 12.1 Å². The van der Waals surface area contributed by atoms with Gasteiger partial charge in [-0.1, -0.05) is 23.2 Å². The Kier molecular flexibility index (Phi) is 5.40. The number of imidazole rings is 1. The van der Waals surface area contributed by atoms with Crippen LogP contribution in [-0.4, -0.2) is 42.9 Å². The number of hydrogen-bond donors (Lipinski definition) is 3. The molecule has 8 nitrogen and oxygen atoms in total. The number of carbonyl (C=O) groups excluding carboxylic acids is 1. The highest BCUT2D eigenvalue weighted by atomic mass is 32.1. The molecular formula is C22H21FN4O4S. The van der Waals surface area contributed by atoms with Gasteiger partial charge in [0.2, 0.25) is 0 Å². The Balaban J connectivity index is 1.89.